The van der Waals surface area contributed by atoms with Crippen molar-refractivity contribution in [2.75, 3.05) is 6.54 Å². The fourth-order valence-electron chi connectivity index (χ4n) is 2.30. The van der Waals surface area contributed by atoms with Gasteiger partial charge in [0.15, 0.2) is 0 Å². The number of hydrogen-bond donors (Lipinski definition) is 1. The Bertz CT molecular complexity index is 626. The Morgan fingerprint density at radius 2 is 2.00 bits per heavy atom. The second-order valence-corrected chi connectivity index (χ2v) is 4.89. The van der Waals surface area contributed by atoms with Crippen molar-refractivity contribution in [1.82, 2.24) is 10.1 Å². The summed E-state index contributed by atoms with van der Waals surface area (Å²) in [5, 5.41) is 15.0. The van der Waals surface area contributed by atoms with Gasteiger partial charge in [0.2, 0.25) is 11.7 Å². The van der Waals surface area contributed by atoms with Crippen LogP contribution in [-0.2, 0) is 5.41 Å². The van der Waals surface area contributed by atoms with Crippen molar-refractivity contribution in [3.63, 3.8) is 0 Å². The molecule has 0 radical (unpaired) electrons. The van der Waals surface area contributed by atoms with Crippen LogP contribution in [0.3, 0.4) is 0 Å². The zero-order chi connectivity index (χ0) is 15.5. The first kappa shape index (κ1) is 15.1. The SMILES string of the molecule is CCC(CC)(CN)c1nc(-c2ccccc2[N+](=O)[O-])no1. The number of nitrogens with two attached hydrogens (primary N) is 1. The molecule has 0 aliphatic rings. The molecule has 0 bridgehead atoms. The van der Waals surface area contributed by atoms with Gasteiger partial charge in [-0.1, -0.05) is 31.1 Å². The predicted octanol–water partition coefficient (Wildman–Crippen LogP) is 2.66. The Balaban J connectivity index is 2.48. The number of hydrogen-bond acceptors (Lipinski definition) is 6. The summed E-state index contributed by atoms with van der Waals surface area (Å²) in [6.07, 6.45) is 1.52. The number of para-hydroxylation sites is 1. The third-order valence-electron chi connectivity index (χ3n) is 3.97. The van der Waals surface area contributed by atoms with Crippen molar-refractivity contribution in [2.24, 2.45) is 5.73 Å². The first-order chi connectivity index (χ1) is 10.1. The third kappa shape index (κ3) is 2.64. The van der Waals surface area contributed by atoms with E-state index >= 15 is 0 Å². The van der Waals surface area contributed by atoms with Crippen LogP contribution in [0, 0.1) is 10.1 Å². The summed E-state index contributed by atoms with van der Waals surface area (Å²) in [6.45, 7) is 4.40. The van der Waals surface area contributed by atoms with Gasteiger partial charge in [-0.3, -0.25) is 10.1 Å². The van der Waals surface area contributed by atoms with Gasteiger partial charge in [-0.25, -0.2) is 0 Å². The summed E-state index contributed by atoms with van der Waals surface area (Å²) < 4.78 is 5.33. The molecule has 0 fully saturated rings. The number of nitro benzene ring substituents is 1. The van der Waals surface area contributed by atoms with Crippen molar-refractivity contribution in [3.8, 4) is 11.4 Å². The quantitative estimate of drug-likeness (QED) is 0.647. The van der Waals surface area contributed by atoms with Gasteiger partial charge in [0.25, 0.3) is 5.69 Å². The van der Waals surface area contributed by atoms with Crippen LogP contribution in [0.2, 0.25) is 0 Å². The summed E-state index contributed by atoms with van der Waals surface area (Å²) in [6, 6.07) is 6.33. The van der Waals surface area contributed by atoms with Gasteiger partial charge in [0.1, 0.15) is 5.56 Å². The predicted molar refractivity (Wildman–Crippen MR) is 77.7 cm³/mol. The Kier molecular flexibility index (Phi) is 4.32. The average Bonchev–Trinajstić information content (AvgIpc) is 3.00. The zero-order valence-electron chi connectivity index (χ0n) is 12.1. The molecule has 1 aromatic carbocycles. The first-order valence-electron chi connectivity index (χ1n) is 6.86. The van der Waals surface area contributed by atoms with Crippen LogP contribution in [0.15, 0.2) is 28.8 Å². The Labute approximate surface area is 122 Å². The second kappa shape index (κ2) is 6.01. The maximum Gasteiger partial charge on any atom is 0.280 e. The van der Waals surface area contributed by atoms with E-state index in [0.717, 1.165) is 12.8 Å². The van der Waals surface area contributed by atoms with E-state index in [1.165, 1.54) is 6.07 Å². The minimum atomic E-state index is -0.457. The minimum Gasteiger partial charge on any atom is -0.338 e. The highest BCUT2D eigenvalue weighted by Gasteiger charge is 2.34. The molecule has 0 saturated heterocycles. The molecule has 0 aliphatic carbocycles. The Hall–Kier alpha value is -2.28. The van der Waals surface area contributed by atoms with Gasteiger partial charge >= 0.3 is 0 Å². The van der Waals surface area contributed by atoms with E-state index in [4.69, 9.17) is 10.3 Å². The molecular weight excluding hydrogens is 272 g/mol. The van der Waals surface area contributed by atoms with E-state index in [1.807, 2.05) is 13.8 Å². The zero-order valence-corrected chi connectivity index (χ0v) is 12.1. The lowest BCUT2D eigenvalue weighted by Crippen LogP contribution is -2.34. The van der Waals surface area contributed by atoms with E-state index in [1.54, 1.807) is 18.2 Å². The topological polar surface area (TPSA) is 108 Å². The van der Waals surface area contributed by atoms with Crippen LogP contribution in [0.4, 0.5) is 5.69 Å². The lowest BCUT2D eigenvalue weighted by Gasteiger charge is -2.24. The first-order valence-corrected chi connectivity index (χ1v) is 6.86. The molecule has 0 atom stereocenters. The third-order valence-corrected chi connectivity index (χ3v) is 3.97. The monoisotopic (exact) mass is 290 g/mol. The molecule has 0 spiro atoms. The molecule has 21 heavy (non-hydrogen) atoms. The minimum absolute atomic E-state index is 0.0452. The van der Waals surface area contributed by atoms with E-state index in [0.29, 0.717) is 18.0 Å². The lowest BCUT2D eigenvalue weighted by atomic mass is 9.82. The summed E-state index contributed by atoms with van der Waals surface area (Å²) in [4.78, 5) is 15.0. The highest BCUT2D eigenvalue weighted by molar-refractivity contribution is 5.67. The average molecular weight is 290 g/mol. The molecule has 0 unspecified atom stereocenters. The molecule has 0 aliphatic heterocycles. The normalized spacial score (nSPS) is 11.6. The largest absolute Gasteiger partial charge is 0.338 e. The fourth-order valence-corrected chi connectivity index (χ4v) is 2.30. The van der Waals surface area contributed by atoms with Crippen molar-refractivity contribution in [1.29, 1.82) is 0 Å². The molecule has 0 amide bonds. The van der Waals surface area contributed by atoms with E-state index in [-0.39, 0.29) is 16.9 Å². The standard InChI is InChI=1S/C14H18N4O3/c1-3-14(4-2,9-15)13-16-12(17-21-13)10-7-5-6-8-11(10)18(19)20/h5-8H,3-4,9,15H2,1-2H3. The molecule has 0 saturated carbocycles. The molecule has 2 rings (SSSR count). The van der Waals surface area contributed by atoms with Crippen LogP contribution in [0.5, 0.6) is 0 Å². The van der Waals surface area contributed by atoms with Gasteiger partial charge in [-0.15, -0.1) is 0 Å². The van der Waals surface area contributed by atoms with Crippen LogP contribution in [0.25, 0.3) is 11.4 Å². The Morgan fingerprint density at radius 1 is 1.33 bits per heavy atom. The van der Waals surface area contributed by atoms with Crippen molar-refractivity contribution < 1.29 is 9.45 Å². The maximum atomic E-state index is 11.1. The highest BCUT2D eigenvalue weighted by Crippen LogP contribution is 2.33. The molecule has 112 valence electrons. The summed E-state index contributed by atoms with van der Waals surface area (Å²) >= 11 is 0. The summed E-state index contributed by atoms with van der Waals surface area (Å²) in [5.74, 6) is 0.653. The van der Waals surface area contributed by atoms with Gasteiger partial charge in [-0.2, -0.15) is 4.98 Å². The Morgan fingerprint density at radius 3 is 2.57 bits per heavy atom. The number of rotatable bonds is 6. The fraction of sp³-hybridized carbons (Fsp3) is 0.429. The molecule has 2 N–H and O–H groups in total. The smallest absolute Gasteiger partial charge is 0.280 e. The van der Waals surface area contributed by atoms with E-state index < -0.39 is 4.92 Å². The van der Waals surface area contributed by atoms with Crippen LogP contribution >= 0.6 is 0 Å². The summed E-state index contributed by atoms with van der Waals surface area (Å²) in [7, 11) is 0. The molecular formula is C14H18N4O3. The number of benzene rings is 1. The van der Waals surface area contributed by atoms with Crippen LogP contribution in [0.1, 0.15) is 32.6 Å². The number of nitrogens with zero attached hydrogens (tertiary/aromatic N) is 3. The van der Waals surface area contributed by atoms with Crippen molar-refractivity contribution in [2.45, 2.75) is 32.1 Å². The highest BCUT2D eigenvalue weighted by atomic mass is 16.6. The molecule has 7 heteroatoms. The molecule has 7 nitrogen and oxygen atoms in total. The van der Waals surface area contributed by atoms with E-state index in [2.05, 4.69) is 10.1 Å². The van der Waals surface area contributed by atoms with E-state index in [9.17, 15) is 10.1 Å². The summed E-state index contributed by atoms with van der Waals surface area (Å²) in [5.41, 5.74) is 5.77. The van der Waals surface area contributed by atoms with Gasteiger partial charge in [-0.05, 0) is 18.9 Å². The van der Waals surface area contributed by atoms with Gasteiger partial charge in [0, 0.05) is 12.6 Å². The van der Waals surface area contributed by atoms with Crippen molar-refractivity contribution in [3.05, 3.63) is 40.3 Å². The van der Waals surface area contributed by atoms with Crippen molar-refractivity contribution >= 4 is 5.69 Å². The van der Waals surface area contributed by atoms with Gasteiger partial charge in [0.05, 0.1) is 10.3 Å². The molecule has 1 heterocycles. The van der Waals surface area contributed by atoms with Gasteiger partial charge < -0.3 is 10.3 Å². The van der Waals surface area contributed by atoms with Crippen LogP contribution in [-0.4, -0.2) is 21.6 Å². The number of nitro groups is 1. The van der Waals surface area contributed by atoms with Crippen LogP contribution < -0.4 is 5.73 Å². The molecule has 2 aromatic rings. The second-order valence-electron chi connectivity index (χ2n) is 4.89. The lowest BCUT2D eigenvalue weighted by molar-refractivity contribution is -0.384. The number of aromatic nitrogens is 2. The maximum absolute atomic E-state index is 11.1. The molecule has 1 aromatic heterocycles.